The second-order valence-electron chi connectivity index (χ2n) is 6.11. The van der Waals surface area contributed by atoms with E-state index < -0.39 is 0 Å². The van der Waals surface area contributed by atoms with Crippen molar-refractivity contribution >= 4 is 11.6 Å². The normalized spacial score (nSPS) is 30.1. The van der Waals surface area contributed by atoms with Gasteiger partial charge in [-0.25, -0.2) is 0 Å². The first-order valence-corrected chi connectivity index (χ1v) is 7.41. The first-order valence-electron chi connectivity index (χ1n) is 7.41. The number of nitrogens with zero attached hydrogens (tertiary/aromatic N) is 3. The topological polar surface area (TPSA) is 76.2 Å². The molecule has 2 fully saturated rings. The summed E-state index contributed by atoms with van der Waals surface area (Å²) in [6.07, 6.45) is 9.23. The summed E-state index contributed by atoms with van der Waals surface area (Å²) in [6, 6.07) is 1.57. The highest BCUT2D eigenvalue weighted by atomic mass is 16.2. The number of amides is 1. The maximum atomic E-state index is 12.1. The van der Waals surface area contributed by atoms with Gasteiger partial charge in [-0.05, 0) is 32.7 Å². The average Bonchev–Trinajstić information content (AvgIpc) is 2.76. The molecular formula is C14H23N5O. The fourth-order valence-electron chi connectivity index (χ4n) is 3.62. The van der Waals surface area contributed by atoms with E-state index in [0.717, 1.165) is 12.8 Å². The zero-order valence-electron chi connectivity index (χ0n) is 12.0. The van der Waals surface area contributed by atoms with E-state index in [1.165, 1.54) is 19.3 Å². The van der Waals surface area contributed by atoms with E-state index in [0.29, 0.717) is 23.8 Å². The number of nitrogens with two attached hydrogens (primary N) is 1. The largest absolute Gasteiger partial charge is 0.396 e. The third-order valence-corrected chi connectivity index (χ3v) is 4.66. The summed E-state index contributed by atoms with van der Waals surface area (Å²) in [6.45, 7) is 0.249. The molecular weight excluding hydrogens is 254 g/mol. The number of rotatable bonds is 3. The van der Waals surface area contributed by atoms with E-state index in [1.807, 2.05) is 0 Å². The third-order valence-electron chi connectivity index (χ3n) is 4.66. The van der Waals surface area contributed by atoms with Crippen LogP contribution in [0.3, 0.4) is 0 Å². The Morgan fingerprint density at radius 3 is 2.75 bits per heavy atom. The van der Waals surface area contributed by atoms with Crippen LogP contribution in [-0.2, 0) is 11.3 Å². The molecule has 6 nitrogen and oxygen atoms in total. The van der Waals surface area contributed by atoms with Crippen LogP contribution >= 0.6 is 0 Å². The summed E-state index contributed by atoms with van der Waals surface area (Å²) in [5, 5.41) is 7.20. The molecule has 1 aromatic heterocycles. The average molecular weight is 277 g/mol. The number of nitrogens with one attached hydrogen (secondary N) is 1. The number of piperidine rings is 2. The lowest BCUT2D eigenvalue weighted by Crippen LogP contribution is -2.55. The van der Waals surface area contributed by atoms with Crippen molar-refractivity contribution in [3.8, 4) is 0 Å². The van der Waals surface area contributed by atoms with Crippen LogP contribution in [-0.4, -0.2) is 45.8 Å². The molecule has 110 valence electrons. The Kier molecular flexibility index (Phi) is 3.65. The van der Waals surface area contributed by atoms with Crippen LogP contribution in [0.5, 0.6) is 0 Å². The molecule has 0 aliphatic carbocycles. The van der Waals surface area contributed by atoms with Crippen LogP contribution in [0.15, 0.2) is 12.4 Å². The predicted octanol–water partition coefficient (Wildman–Crippen LogP) is 0.597. The van der Waals surface area contributed by atoms with E-state index in [1.54, 1.807) is 17.1 Å². The molecule has 2 bridgehead atoms. The molecule has 1 aromatic rings. The van der Waals surface area contributed by atoms with Gasteiger partial charge in [0.15, 0.2) is 0 Å². The molecule has 2 atom stereocenters. The Hall–Kier alpha value is -1.56. The quantitative estimate of drug-likeness (QED) is 0.848. The van der Waals surface area contributed by atoms with Gasteiger partial charge in [0.2, 0.25) is 5.91 Å². The minimum Gasteiger partial charge on any atom is -0.396 e. The second kappa shape index (κ2) is 5.44. The van der Waals surface area contributed by atoms with Crippen LogP contribution in [0.2, 0.25) is 0 Å². The summed E-state index contributed by atoms with van der Waals surface area (Å²) >= 11 is 0. The highest BCUT2D eigenvalue weighted by Gasteiger charge is 2.36. The van der Waals surface area contributed by atoms with Gasteiger partial charge in [-0.15, -0.1) is 0 Å². The molecule has 3 N–H and O–H groups in total. The number of carbonyl (C=O) groups is 1. The monoisotopic (exact) mass is 277 g/mol. The van der Waals surface area contributed by atoms with Crippen molar-refractivity contribution in [2.45, 2.75) is 56.8 Å². The number of fused-ring (bicyclic) bond motifs is 2. The van der Waals surface area contributed by atoms with Gasteiger partial charge in [-0.2, -0.15) is 5.10 Å². The molecule has 2 saturated heterocycles. The van der Waals surface area contributed by atoms with Crippen LogP contribution in [0.25, 0.3) is 0 Å². The van der Waals surface area contributed by atoms with Gasteiger partial charge in [0, 0.05) is 24.3 Å². The van der Waals surface area contributed by atoms with E-state index >= 15 is 0 Å². The Morgan fingerprint density at radius 1 is 1.45 bits per heavy atom. The highest BCUT2D eigenvalue weighted by molar-refractivity contribution is 5.76. The lowest BCUT2D eigenvalue weighted by Gasteiger charge is -2.47. The first kappa shape index (κ1) is 13.4. The van der Waals surface area contributed by atoms with Crippen molar-refractivity contribution in [3.05, 3.63) is 12.4 Å². The molecule has 2 unspecified atom stereocenters. The summed E-state index contributed by atoms with van der Waals surface area (Å²) in [7, 11) is 2.22. The first-order chi connectivity index (χ1) is 9.61. The number of hydrogen-bond donors (Lipinski definition) is 2. The predicted molar refractivity (Wildman–Crippen MR) is 77.0 cm³/mol. The molecule has 0 aromatic carbocycles. The highest BCUT2D eigenvalue weighted by Crippen LogP contribution is 2.32. The van der Waals surface area contributed by atoms with Gasteiger partial charge in [0.1, 0.15) is 6.54 Å². The second-order valence-corrected chi connectivity index (χ2v) is 6.11. The Bertz CT molecular complexity index is 472. The van der Waals surface area contributed by atoms with Crippen LogP contribution in [0.4, 0.5) is 5.69 Å². The van der Waals surface area contributed by atoms with E-state index in [2.05, 4.69) is 22.4 Å². The molecule has 3 rings (SSSR count). The minimum atomic E-state index is 0.0285. The van der Waals surface area contributed by atoms with E-state index in [4.69, 9.17) is 5.73 Å². The fourth-order valence-corrected chi connectivity index (χ4v) is 3.62. The van der Waals surface area contributed by atoms with Crippen LogP contribution < -0.4 is 11.1 Å². The van der Waals surface area contributed by atoms with Crippen molar-refractivity contribution in [1.29, 1.82) is 0 Å². The zero-order chi connectivity index (χ0) is 14.1. The molecule has 6 heteroatoms. The van der Waals surface area contributed by atoms with Crippen molar-refractivity contribution in [2.24, 2.45) is 0 Å². The molecule has 0 saturated carbocycles. The molecule has 2 aliphatic heterocycles. The maximum absolute atomic E-state index is 12.1. The van der Waals surface area contributed by atoms with Gasteiger partial charge < -0.3 is 16.0 Å². The van der Waals surface area contributed by atoms with E-state index in [-0.39, 0.29) is 12.5 Å². The summed E-state index contributed by atoms with van der Waals surface area (Å²) in [5.41, 5.74) is 6.18. The summed E-state index contributed by atoms with van der Waals surface area (Å²) < 4.78 is 1.58. The Balaban J connectivity index is 1.54. The summed E-state index contributed by atoms with van der Waals surface area (Å²) in [5.74, 6) is 0.0285. The maximum Gasteiger partial charge on any atom is 0.241 e. The van der Waals surface area contributed by atoms with Crippen molar-refractivity contribution in [3.63, 3.8) is 0 Å². The molecule has 1 amide bonds. The minimum absolute atomic E-state index is 0.0285. The molecule has 2 aliphatic rings. The third kappa shape index (κ3) is 2.80. The zero-order valence-corrected chi connectivity index (χ0v) is 12.0. The standard InChI is InChI=1S/C14H23N5O/c1-18-12-3-2-4-13(18)6-11(5-12)17-14(20)9-19-8-10(15)7-16-19/h7-8,11-13H,2-6,9,15H2,1H3,(H,17,20). The number of nitrogen functional groups attached to an aromatic ring is 1. The van der Waals surface area contributed by atoms with Crippen molar-refractivity contribution < 1.29 is 4.79 Å². The lowest BCUT2D eigenvalue weighted by molar-refractivity contribution is -0.123. The van der Waals surface area contributed by atoms with E-state index in [9.17, 15) is 4.79 Å². The molecule has 20 heavy (non-hydrogen) atoms. The lowest BCUT2D eigenvalue weighted by atomic mass is 9.82. The number of aromatic nitrogens is 2. The number of anilines is 1. The Morgan fingerprint density at radius 2 is 2.15 bits per heavy atom. The number of hydrogen-bond acceptors (Lipinski definition) is 4. The number of carbonyl (C=O) groups excluding carboxylic acids is 1. The van der Waals surface area contributed by atoms with Crippen LogP contribution in [0, 0.1) is 0 Å². The van der Waals surface area contributed by atoms with Crippen molar-refractivity contribution in [1.82, 2.24) is 20.0 Å². The molecule has 0 radical (unpaired) electrons. The van der Waals surface area contributed by atoms with Gasteiger partial charge in [0.05, 0.1) is 11.9 Å². The van der Waals surface area contributed by atoms with Gasteiger partial charge in [-0.3, -0.25) is 9.48 Å². The molecule has 0 spiro atoms. The van der Waals surface area contributed by atoms with Gasteiger partial charge >= 0.3 is 0 Å². The summed E-state index contributed by atoms with van der Waals surface area (Å²) in [4.78, 5) is 14.6. The van der Waals surface area contributed by atoms with Gasteiger partial charge in [0.25, 0.3) is 0 Å². The van der Waals surface area contributed by atoms with Gasteiger partial charge in [-0.1, -0.05) is 6.42 Å². The van der Waals surface area contributed by atoms with Crippen LogP contribution in [0.1, 0.15) is 32.1 Å². The SMILES string of the molecule is CN1C2CCCC1CC(NC(=O)Cn1cc(N)cn1)C2. The smallest absolute Gasteiger partial charge is 0.241 e. The van der Waals surface area contributed by atoms with Crippen molar-refractivity contribution in [2.75, 3.05) is 12.8 Å². The molecule has 3 heterocycles. The Labute approximate surface area is 119 Å². The fraction of sp³-hybridized carbons (Fsp3) is 0.714.